The van der Waals surface area contributed by atoms with Crippen molar-refractivity contribution in [2.75, 3.05) is 19.6 Å². The topological polar surface area (TPSA) is 32.3 Å². The highest BCUT2D eigenvalue weighted by atomic mass is 16.2. The Morgan fingerprint density at radius 3 is 2.67 bits per heavy atom. The first-order valence-corrected chi connectivity index (χ1v) is 7.57. The van der Waals surface area contributed by atoms with E-state index in [1.165, 1.54) is 19.3 Å². The largest absolute Gasteiger partial charge is 0.341 e. The molecular formula is C15H28N2O. The van der Waals surface area contributed by atoms with E-state index in [9.17, 15) is 4.79 Å². The lowest BCUT2D eigenvalue weighted by atomic mass is 9.77. The number of hydrogen-bond acceptors (Lipinski definition) is 2. The van der Waals surface area contributed by atoms with Crippen LogP contribution < -0.4 is 5.32 Å². The van der Waals surface area contributed by atoms with Crippen molar-refractivity contribution < 1.29 is 4.79 Å². The molecule has 2 fully saturated rings. The van der Waals surface area contributed by atoms with Crippen LogP contribution in [0, 0.1) is 11.3 Å². The van der Waals surface area contributed by atoms with Crippen molar-refractivity contribution in [1.29, 1.82) is 0 Å². The lowest BCUT2D eigenvalue weighted by Crippen LogP contribution is -2.57. The molecule has 0 bridgehead atoms. The standard InChI is InChI=1S/C15H28N2O/c1-4-10-17(11-12-6-7-12)14(18)13-15(2,3)8-5-9-16-13/h12-13,16H,4-11H2,1-3H3. The first-order chi connectivity index (χ1) is 8.54. The average molecular weight is 252 g/mol. The summed E-state index contributed by atoms with van der Waals surface area (Å²) in [6.07, 6.45) is 6.03. The molecule has 2 rings (SSSR count). The van der Waals surface area contributed by atoms with Gasteiger partial charge in [-0.1, -0.05) is 20.8 Å². The molecule has 2 aliphatic rings. The predicted octanol–water partition coefficient (Wildman–Crippen LogP) is 2.41. The highest BCUT2D eigenvalue weighted by Gasteiger charge is 2.40. The van der Waals surface area contributed by atoms with Gasteiger partial charge in [-0.2, -0.15) is 0 Å². The molecule has 0 aromatic carbocycles. The SMILES string of the molecule is CCCN(CC1CC1)C(=O)C1NCCCC1(C)C. The number of carbonyl (C=O) groups excluding carboxylic acids is 1. The van der Waals surface area contributed by atoms with E-state index in [1.54, 1.807) is 0 Å². The molecule has 18 heavy (non-hydrogen) atoms. The van der Waals surface area contributed by atoms with Gasteiger partial charge in [0.1, 0.15) is 0 Å². The Hall–Kier alpha value is -0.570. The van der Waals surface area contributed by atoms with Crippen molar-refractivity contribution in [2.45, 2.75) is 58.9 Å². The van der Waals surface area contributed by atoms with Gasteiger partial charge in [0.25, 0.3) is 0 Å². The summed E-state index contributed by atoms with van der Waals surface area (Å²) < 4.78 is 0. The van der Waals surface area contributed by atoms with Crippen LogP contribution in [0.2, 0.25) is 0 Å². The normalized spacial score (nSPS) is 26.9. The van der Waals surface area contributed by atoms with E-state index in [0.29, 0.717) is 5.91 Å². The average Bonchev–Trinajstić information content (AvgIpc) is 3.11. The summed E-state index contributed by atoms with van der Waals surface area (Å²) >= 11 is 0. The maximum absolute atomic E-state index is 12.7. The molecule has 3 nitrogen and oxygen atoms in total. The number of amides is 1. The van der Waals surface area contributed by atoms with Crippen molar-refractivity contribution in [3.63, 3.8) is 0 Å². The zero-order valence-corrected chi connectivity index (χ0v) is 12.2. The highest BCUT2D eigenvalue weighted by molar-refractivity contribution is 5.83. The number of carbonyl (C=O) groups is 1. The van der Waals surface area contributed by atoms with Gasteiger partial charge in [0.15, 0.2) is 0 Å². The van der Waals surface area contributed by atoms with E-state index in [4.69, 9.17) is 0 Å². The third-order valence-corrected chi connectivity index (χ3v) is 4.36. The molecule has 3 heteroatoms. The maximum Gasteiger partial charge on any atom is 0.240 e. The first-order valence-electron chi connectivity index (χ1n) is 7.57. The van der Waals surface area contributed by atoms with Crippen molar-refractivity contribution in [3.05, 3.63) is 0 Å². The van der Waals surface area contributed by atoms with Gasteiger partial charge in [-0.3, -0.25) is 4.79 Å². The first kappa shape index (κ1) is 13.9. The molecule has 1 heterocycles. The van der Waals surface area contributed by atoms with Gasteiger partial charge in [-0.05, 0) is 50.0 Å². The summed E-state index contributed by atoms with van der Waals surface area (Å²) in [4.78, 5) is 14.8. The Labute approximate surface area is 111 Å². The summed E-state index contributed by atoms with van der Waals surface area (Å²) in [5.41, 5.74) is 0.102. The van der Waals surface area contributed by atoms with E-state index in [-0.39, 0.29) is 11.5 Å². The van der Waals surface area contributed by atoms with E-state index >= 15 is 0 Å². The zero-order valence-electron chi connectivity index (χ0n) is 12.2. The van der Waals surface area contributed by atoms with Crippen LogP contribution in [0.5, 0.6) is 0 Å². The van der Waals surface area contributed by atoms with Gasteiger partial charge in [-0.15, -0.1) is 0 Å². The van der Waals surface area contributed by atoms with Crippen LogP contribution >= 0.6 is 0 Å². The minimum atomic E-state index is 0.0246. The van der Waals surface area contributed by atoms with Crippen LogP contribution in [0.1, 0.15) is 52.9 Å². The van der Waals surface area contributed by atoms with Gasteiger partial charge in [0.05, 0.1) is 6.04 Å². The molecule has 0 spiro atoms. The van der Waals surface area contributed by atoms with Crippen molar-refractivity contribution in [2.24, 2.45) is 11.3 Å². The fourth-order valence-corrected chi connectivity index (χ4v) is 2.99. The molecule has 1 amide bonds. The quantitative estimate of drug-likeness (QED) is 0.815. The lowest BCUT2D eigenvalue weighted by molar-refractivity contribution is -0.137. The third-order valence-electron chi connectivity index (χ3n) is 4.36. The molecule has 104 valence electrons. The summed E-state index contributed by atoms with van der Waals surface area (Å²) in [6, 6.07) is 0.0246. The number of nitrogens with zero attached hydrogens (tertiary/aromatic N) is 1. The number of rotatable bonds is 5. The Bertz CT molecular complexity index is 297. The third kappa shape index (κ3) is 3.25. The maximum atomic E-state index is 12.7. The van der Waals surface area contributed by atoms with E-state index in [0.717, 1.165) is 38.4 Å². The van der Waals surface area contributed by atoms with Crippen LogP contribution in [0.25, 0.3) is 0 Å². The van der Waals surface area contributed by atoms with E-state index in [1.807, 2.05) is 0 Å². The number of hydrogen-bond donors (Lipinski definition) is 1. The molecule has 0 radical (unpaired) electrons. The monoisotopic (exact) mass is 252 g/mol. The summed E-state index contributed by atoms with van der Waals surface area (Å²) in [7, 11) is 0. The number of piperidine rings is 1. The molecule has 1 saturated carbocycles. The van der Waals surface area contributed by atoms with Gasteiger partial charge >= 0.3 is 0 Å². The zero-order chi connectivity index (χ0) is 13.2. The van der Waals surface area contributed by atoms with Crippen LogP contribution in [-0.4, -0.2) is 36.5 Å². The fourth-order valence-electron chi connectivity index (χ4n) is 2.99. The van der Waals surface area contributed by atoms with Crippen molar-refractivity contribution in [1.82, 2.24) is 10.2 Å². The molecule has 1 saturated heterocycles. The summed E-state index contributed by atoms with van der Waals surface area (Å²) in [5, 5.41) is 3.45. The van der Waals surface area contributed by atoms with Gasteiger partial charge < -0.3 is 10.2 Å². The van der Waals surface area contributed by atoms with E-state index < -0.39 is 0 Å². The van der Waals surface area contributed by atoms with Crippen LogP contribution in [0.4, 0.5) is 0 Å². The Kier molecular flexibility index (Phi) is 4.31. The molecule has 1 aliphatic carbocycles. The Morgan fingerprint density at radius 2 is 2.11 bits per heavy atom. The molecular weight excluding hydrogens is 224 g/mol. The second kappa shape index (κ2) is 5.60. The minimum Gasteiger partial charge on any atom is -0.341 e. The fraction of sp³-hybridized carbons (Fsp3) is 0.933. The van der Waals surface area contributed by atoms with Crippen molar-refractivity contribution in [3.8, 4) is 0 Å². The highest BCUT2D eigenvalue weighted by Crippen LogP contribution is 2.33. The lowest BCUT2D eigenvalue weighted by Gasteiger charge is -2.41. The predicted molar refractivity (Wildman–Crippen MR) is 74.4 cm³/mol. The van der Waals surface area contributed by atoms with Gasteiger partial charge in [0, 0.05) is 13.1 Å². The molecule has 1 N–H and O–H groups in total. The Morgan fingerprint density at radius 1 is 1.39 bits per heavy atom. The van der Waals surface area contributed by atoms with Gasteiger partial charge in [-0.25, -0.2) is 0 Å². The van der Waals surface area contributed by atoms with Gasteiger partial charge in [0.2, 0.25) is 5.91 Å². The van der Waals surface area contributed by atoms with Crippen molar-refractivity contribution >= 4 is 5.91 Å². The van der Waals surface area contributed by atoms with Crippen LogP contribution in [-0.2, 0) is 4.79 Å². The summed E-state index contributed by atoms with van der Waals surface area (Å²) in [5.74, 6) is 1.13. The smallest absolute Gasteiger partial charge is 0.240 e. The Balaban J connectivity index is 2.00. The number of nitrogens with one attached hydrogen (secondary N) is 1. The van der Waals surface area contributed by atoms with Crippen LogP contribution in [0.15, 0.2) is 0 Å². The molecule has 0 aromatic rings. The second-order valence-corrected chi connectivity index (χ2v) is 6.71. The molecule has 1 atom stereocenters. The van der Waals surface area contributed by atoms with Crippen LogP contribution in [0.3, 0.4) is 0 Å². The molecule has 1 unspecified atom stereocenters. The van der Waals surface area contributed by atoms with E-state index in [2.05, 4.69) is 31.0 Å². The second-order valence-electron chi connectivity index (χ2n) is 6.71. The molecule has 0 aromatic heterocycles. The minimum absolute atomic E-state index is 0.0246. The molecule has 1 aliphatic heterocycles. The summed E-state index contributed by atoms with van der Waals surface area (Å²) in [6.45, 7) is 9.51.